The van der Waals surface area contributed by atoms with Crippen LogP contribution in [0.5, 0.6) is 0 Å². The molecule has 1 aromatic carbocycles. The number of rotatable bonds is 4. The van der Waals surface area contributed by atoms with Crippen molar-refractivity contribution in [3.05, 3.63) is 33.8 Å². The number of nitrogens with one attached hydrogen (secondary N) is 1. The lowest BCUT2D eigenvalue weighted by atomic mass is 9.97. The molecule has 2 unspecified atom stereocenters. The van der Waals surface area contributed by atoms with Crippen LogP contribution in [0.1, 0.15) is 24.1 Å². The number of likely N-dealkylation sites (N-methyl/N-ethyl adjacent to an activating group) is 2. The molecule has 1 fully saturated rings. The van der Waals surface area contributed by atoms with E-state index in [2.05, 4.69) is 65.2 Å². The van der Waals surface area contributed by atoms with Crippen LogP contribution in [0.15, 0.2) is 22.7 Å². The van der Waals surface area contributed by atoms with Crippen LogP contribution in [0.2, 0.25) is 0 Å². The summed E-state index contributed by atoms with van der Waals surface area (Å²) in [7, 11) is 2.18. The first-order valence-electron chi connectivity index (χ1n) is 6.92. The van der Waals surface area contributed by atoms with E-state index in [-0.39, 0.29) is 6.10 Å². The number of ether oxygens (including phenoxy) is 1. The molecule has 106 valence electrons. The van der Waals surface area contributed by atoms with Crippen LogP contribution in [0.25, 0.3) is 0 Å². The van der Waals surface area contributed by atoms with Crippen LogP contribution in [-0.4, -0.2) is 44.3 Å². The van der Waals surface area contributed by atoms with Crippen molar-refractivity contribution in [3.63, 3.8) is 0 Å². The van der Waals surface area contributed by atoms with Crippen LogP contribution in [-0.2, 0) is 4.74 Å². The Bertz CT molecular complexity index is 425. The number of hydrogen-bond donors (Lipinski definition) is 1. The zero-order chi connectivity index (χ0) is 13.8. The normalized spacial score (nSPS) is 24.6. The van der Waals surface area contributed by atoms with E-state index in [0.717, 1.165) is 26.2 Å². The van der Waals surface area contributed by atoms with E-state index in [1.54, 1.807) is 0 Å². The Balaban J connectivity index is 2.22. The van der Waals surface area contributed by atoms with E-state index >= 15 is 0 Å². The maximum atomic E-state index is 5.97. The predicted octanol–water partition coefficient (Wildman–Crippen LogP) is 2.74. The molecule has 1 saturated heterocycles. The van der Waals surface area contributed by atoms with Gasteiger partial charge >= 0.3 is 0 Å². The number of halogens is 1. The van der Waals surface area contributed by atoms with Crippen LogP contribution in [0.3, 0.4) is 0 Å². The van der Waals surface area contributed by atoms with Gasteiger partial charge in [-0.3, -0.25) is 4.90 Å². The van der Waals surface area contributed by atoms with Crippen molar-refractivity contribution < 1.29 is 4.74 Å². The summed E-state index contributed by atoms with van der Waals surface area (Å²) in [5.41, 5.74) is 2.59. The topological polar surface area (TPSA) is 24.5 Å². The molecule has 1 N–H and O–H groups in total. The average molecular weight is 327 g/mol. The smallest absolute Gasteiger partial charge is 0.0896 e. The van der Waals surface area contributed by atoms with Crippen LogP contribution in [0.4, 0.5) is 0 Å². The standard InChI is InChI=1S/C15H23BrN2O/c1-4-17-10-14-15(18(3)7-8-19-14)12-6-5-11(2)13(16)9-12/h5-6,9,14-15,17H,4,7-8,10H2,1-3H3. The number of morpholine rings is 1. The minimum atomic E-state index is 0.216. The second kappa shape index (κ2) is 6.84. The molecule has 0 amide bonds. The van der Waals surface area contributed by atoms with Gasteiger partial charge < -0.3 is 10.1 Å². The van der Waals surface area contributed by atoms with Gasteiger partial charge in [-0.25, -0.2) is 0 Å². The molecule has 2 atom stereocenters. The lowest BCUT2D eigenvalue weighted by Gasteiger charge is -2.39. The summed E-state index contributed by atoms with van der Waals surface area (Å²) in [6, 6.07) is 6.94. The highest BCUT2D eigenvalue weighted by Gasteiger charge is 2.31. The van der Waals surface area contributed by atoms with Gasteiger partial charge in [0.15, 0.2) is 0 Å². The molecule has 19 heavy (non-hydrogen) atoms. The third-order valence-corrected chi connectivity index (χ3v) is 4.59. The quantitative estimate of drug-likeness (QED) is 0.920. The van der Waals surface area contributed by atoms with E-state index in [0.29, 0.717) is 6.04 Å². The Kier molecular flexibility index (Phi) is 5.39. The average Bonchev–Trinajstić information content (AvgIpc) is 2.40. The lowest BCUT2D eigenvalue weighted by Crippen LogP contribution is -2.47. The van der Waals surface area contributed by atoms with Gasteiger partial charge in [0, 0.05) is 17.6 Å². The number of hydrogen-bond acceptors (Lipinski definition) is 3. The zero-order valence-electron chi connectivity index (χ0n) is 11.9. The monoisotopic (exact) mass is 326 g/mol. The first kappa shape index (κ1) is 15.0. The third kappa shape index (κ3) is 3.57. The Morgan fingerprint density at radius 2 is 2.26 bits per heavy atom. The van der Waals surface area contributed by atoms with Crippen molar-refractivity contribution in [2.45, 2.75) is 26.0 Å². The van der Waals surface area contributed by atoms with Gasteiger partial charge in [-0.1, -0.05) is 35.0 Å². The lowest BCUT2D eigenvalue weighted by molar-refractivity contribution is -0.0611. The highest BCUT2D eigenvalue weighted by molar-refractivity contribution is 9.10. The molecule has 0 aliphatic carbocycles. The summed E-state index contributed by atoms with van der Waals surface area (Å²) in [5.74, 6) is 0. The molecule has 0 spiro atoms. The third-order valence-electron chi connectivity index (χ3n) is 3.74. The molecule has 1 aromatic rings. The molecule has 1 aliphatic heterocycles. The summed E-state index contributed by atoms with van der Waals surface area (Å²) in [6.07, 6.45) is 0.216. The summed E-state index contributed by atoms with van der Waals surface area (Å²) >= 11 is 3.63. The van der Waals surface area contributed by atoms with Crippen LogP contribution < -0.4 is 5.32 Å². The fourth-order valence-corrected chi connectivity index (χ4v) is 2.98. The molecule has 0 radical (unpaired) electrons. The van der Waals surface area contributed by atoms with Gasteiger partial charge in [-0.15, -0.1) is 0 Å². The SMILES string of the molecule is CCNCC1OCCN(C)C1c1ccc(C)c(Br)c1. The minimum absolute atomic E-state index is 0.216. The Labute approximate surface area is 124 Å². The molecular formula is C15H23BrN2O. The Morgan fingerprint density at radius 3 is 2.95 bits per heavy atom. The second-order valence-electron chi connectivity index (χ2n) is 5.15. The molecule has 3 nitrogen and oxygen atoms in total. The second-order valence-corrected chi connectivity index (χ2v) is 6.01. The van der Waals surface area contributed by atoms with Crippen molar-refractivity contribution >= 4 is 15.9 Å². The number of nitrogens with zero attached hydrogens (tertiary/aromatic N) is 1. The summed E-state index contributed by atoms with van der Waals surface area (Å²) in [4.78, 5) is 2.39. The van der Waals surface area contributed by atoms with E-state index in [1.165, 1.54) is 15.6 Å². The fraction of sp³-hybridized carbons (Fsp3) is 0.600. The molecule has 1 heterocycles. The van der Waals surface area contributed by atoms with Crippen LogP contribution in [0, 0.1) is 6.92 Å². The van der Waals surface area contributed by atoms with Crippen LogP contribution >= 0.6 is 15.9 Å². The van der Waals surface area contributed by atoms with Gasteiger partial charge in [-0.2, -0.15) is 0 Å². The van der Waals surface area contributed by atoms with Gasteiger partial charge in [-0.05, 0) is 37.7 Å². The van der Waals surface area contributed by atoms with Crippen molar-refractivity contribution in [1.29, 1.82) is 0 Å². The summed E-state index contributed by atoms with van der Waals surface area (Å²) in [5, 5.41) is 3.40. The Hall–Kier alpha value is -0.420. The molecular weight excluding hydrogens is 304 g/mol. The number of benzene rings is 1. The summed E-state index contributed by atoms with van der Waals surface area (Å²) < 4.78 is 7.14. The number of aryl methyl sites for hydroxylation is 1. The van der Waals surface area contributed by atoms with Gasteiger partial charge in [0.05, 0.1) is 18.8 Å². The molecule has 0 saturated carbocycles. The van der Waals surface area contributed by atoms with E-state index in [4.69, 9.17) is 4.74 Å². The first-order chi connectivity index (χ1) is 9.13. The Morgan fingerprint density at radius 1 is 1.47 bits per heavy atom. The van der Waals surface area contributed by atoms with Gasteiger partial charge in [0.2, 0.25) is 0 Å². The fourth-order valence-electron chi connectivity index (χ4n) is 2.58. The van der Waals surface area contributed by atoms with Crippen molar-refractivity contribution in [1.82, 2.24) is 10.2 Å². The predicted molar refractivity (Wildman–Crippen MR) is 82.5 cm³/mol. The minimum Gasteiger partial charge on any atom is -0.374 e. The highest BCUT2D eigenvalue weighted by Crippen LogP contribution is 2.30. The molecule has 2 rings (SSSR count). The van der Waals surface area contributed by atoms with E-state index in [9.17, 15) is 0 Å². The molecule has 4 heteroatoms. The summed E-state index contributed by atoms with van der Waals surface area (Å²) in [6.45, 7) is 7.93. The largest absolute Gasteiger partial charge is 0.374 e. The molecule has 0 aromatic heterocycles. The van der Waals surface area contributed by atoms with Crippen molar-refractivity contribution in [2.24, 2.45) is 0 Å². The first-order valence-corrected chi connectivity index (χ1v) is 7.71. The highest BCUT2D eigenvalue weighted by atomic mass is 79.9. The molecule has 0 bridgehead atoms. The van der Waals surface area contributed by atoms with E-state index in [1.807, 2.05) is 0 Å². The van der Waals surface area contributed by atoms with E-state index < -0.39 is 0 Å². The zero-order valence-corrected chi connectivity index (χ0v) is 13.5. The van der Waals surface area contributed by atoms with Gasteiger partial charge in [0.1, 0.15) is 0 Å². The van der Waals surface area contributed by atoms with Gasteiger partial charge in [0.25, 0.3) is 0 Å². The van der Waals surface area contributed by atoms with Crippen molar-refractivity contribution in [3.8, 4) is 0 Å². The maximum Gasteiger partial charge on any atom is 0.0896 e. The van der Waals surface area contributed by atoms with Crippen molar-refractivity contribution in [2.75, 3.05) is 33.3 Å². The maximum absolute atomic E-state index is 5.97. The molecule has 1 aliphatic rings.